The smallest absolute Gasteiger partial charge is 0.254 e. The highest BCUT2D eigenvalue weighted by molar-refractivity contribution is 5.96. The van der Waals surface area contributed by atoms with Crippen molar-refractivity contribution in [3.8, 4) is 11.5 Å². The number of amides is 1. The van der Waals surface area contributed by atoms with Crippen LogP contribution in [-0.4, -0.2) is 13.0 Å². The summed E-state index contributed by atoms with van der Waals surface area (Å²) in [6.07, 6.45) is 0. The molecule has 18 heavy (non-hydrogen) atoms. The third-order valence-corrected chi connectivity index (χ3v) is 2.40. The summed E-state index contributed by atoms with van der Waals surface area (Å²) in [6.45, 7) is 0. The summed E-state index contributed by atoms with van der Waals surface area (Å²) < 4.78 is 18.3. The molecule has 0 saturated heterocycles. The topological polar surface area (TPSA) is 38.3 Å². The Morgan fingerprint density at radius 3 is 2.44 bits per heavy atom. The SMILES string of the molecule is CNC(=O)c1ccccc1Oc1ccc(F)cc1. The fraction of sp³-hybridized carbons (Fsp3) is 0.0714. The van der Waals surface area contributed by atoms with Crippen LogP contribution >= 0.6 is 0 Å². The number of rotatable bonds is 3. The first-order chi connectivity index (χ1) is 8.70. The van der Waals surface area contributed by atoms with Crippen molar-refractivity contribution >= 4 is 5.91 Å². The molecular weight excluding hydrogens is 233 g/mol. The minimum Gasteiger partial charge on any atom is -0.457 e. The van der Waals surface area contributed by atoms with Gasteiger partial charge < -0.3 is 10.1 Å². The summed E-state index contributed by atoms with van der Waals surface area (Å²) in [7, 11) is 1.55. The van der Waals surface area contributed by atoms with Crippen molar-refractivity contribution in [3.05, 3.63) is 59.9 Å². The molecule has 4 heteroatoms. The van der Waals surface area contributed by atoms with Crippen molar-refractivity contribution in [1.82, 2.24) is 5.32 Å². The van der Waals surface area contributed by atoms with Crippen LogP contribution < -0.4 is 10.1 Å². The predicted molar refractivity (Wildman–Crippen MR) is 66.3 cm³/mol. The van der Waals surface area contributed by atoms with Gasteiger partial charge in [-0.3, -0.25) is 4.79 Å². The predicted octanol–water partition coefficient (Wildman–Crippen LogP) is 2.98. The second kappa shape index (κ2) is 5.31. The van der Waals surface area contributed by atoms with Crippen molar-refractivity contribution in [1.29, 1.82) is 0 Å². The lowest BCUT2D eigenvalue weighted by Gasteiger charge is -2.09. The first-order valence-corrected chi connectivity index (χ1v) is 5.45. The van der Waals surface area contributed by atoms with E-state index in [2.05, 4.69) is 5.32 Å². The molecule has 92 valence electrons. The molecule has 0 saturated carbocycles. The Hall–Kier alpha value is -2.36. The third kappa shape index (κ3) is 2.66. The molecule has 1 amide bonds. The van der Waals surface area contributed by atoms with Gasteiger partial charge in [-0.1, -0.05) is 12.1 Å². The summed E-state index contributed by atoms with van der Waals surface area (Å²) in [5.74, 6) is 0.353. The van der Waals surface area contributed by atoms with Crippen LogP contribution in [0, 0.1) is 5.82 Å². The van der Waals surface area contributed by atoms with E-state index in [1.807, 2.05) is 0 Å². The first-order valence-electron chi connectivity index (χ1n) is 5.45. The zero-order valence-electron chi connectivity index (χ0n) is 9.81. The molecule has 0 aromatic heterocycles. The summed E-state index contributed by atoms with van der Waals surface area (Å²) in [6, 6.07) is 12.5. The highest BCUT2D eigenvalue weighted by Crippen LogP contribution is 2.25. The lowest BCUT2D eigenvalue weighted by atomic mass is 10.2. The van der Waals surface area contributed by atoms with Gasteiger partial charge in [0, 0.05) is 7.05 Å². The average molecular weight is 245 g/mol. The van der Waals surface area contributed by atoms with Gasteiger partial charge in [0.2, 0.25) is 0 Å². The van der Waals surface area contributed by atoms with Crippen LogP contribution in [0.2, 0.25) is 0 Å². The standard InChI is InChI=1S/C14H12FNO2/c1-16-14(17)12-4-2-3-5-13(12)18-11-8-6-10(15)7-9-11/h2-9H,1H3,(H,16,17). The van der Waals surface area contributed by atoms with Crippen LogP contribution in [-0.2, 0) is 0 Å². The van der Waals surface area contributed by atoms with E-state index < -0.39 is 0 Å². The summed E-state index contributed by atoms with van der Waals surface area (Å²) in [4.78, 5) is 11.6. The van der Waals surface area contributed by atoms with Crippen molar-refractivity contribution in [2.45, 2.75) is 0 Å². The van der Waals surface area contributed by atoms with Crippen LogP contribution in [0.4, 0.5) is 4.39 Å². The molecular formula is C14H12FNO2. The summed E-state index contributed by atoms with van der Waals surface area (Å²) in [5, 5.41) is 2.54. The molecule has 3 nitrogen and oxygen atoms in total. The Kier molecular flexibility index (Phi) is 3.57. The highest BCUT2D eigenvalue weighted by atomic mass is 19.1. The van der Waals surface area contributed by atoms with Crippen molar-refractivity contribution < 1.29 is 13.9 Å². The van der Waals surface area contributed by atoms with E-state index >= 15 is 0 Å². The van der Waals surface area contributed by atoms with E-state index in [4.69, 9.17) is 4.74 Å². The quantitative estimate of drug-likeness (QED) is 0.902. The zero-order valence-corrected chi connectivity index (χ0v) is 9.81. The molecule has 0 fully saturated rings. The van der Waals surface area contributed by atoms with Gasteiger partial charge in [0.05, 0.1) is 5.56 Å². The molecule has 2 aromatic rings. The molecule has 0 radical (unpaired) electrons. The fourth-order valence-corrected chi connectivity index (χ4v) is 1.51. The number of benzene rings is 2. The Morgan fingerprint density at radius 2 is 1.78 bits per heavy atom. The Morgan fingerprint density at radius 1 is 1.11 bits per heavy atom. The molecule has 0 spiro atoms. The maximum Gasteiger partial charge on any atom is 0.254 e. The maximum atomic E-state index is 12.8. The van der Waals surface area contributed by atoms with E-state index in [0.29, 0.717) is 17.1 Å². The average Bonchev–Trinajstić information content (AvgIpc) is 2.41. The van der Waals surface area contributed by atoms with Gasteiger partial charge in [-0.2, -0.15) is 0 Å². The monoisotopic (exact) mass is 245 g/mol. The fourth-order valence-electron chi connectivity index (χ4n) is 1.51. The number of halogens is 1. The van der Waals surface area contributed by atoms with E-state index in [1.165, 1.54) is 24.3 Å². The molecule has 2 rings (SSSR count). The van der Waals surface area contributed by atoms with E-state index in [1.54, 1.807) is 31.3 Å². The van der Waals surface area contributed by atoms with Gasteiger partial charge in [0.15, 0.2) is 0 Å². The van der Waals surface area contributed by atoms with E-state index in [-0.39, 0.29) is 11.7 Å². The largest absolute Gasteiger partial charge is 0.457 e. The second-order valence-electron chi connectivity index (χ2n) is 3.63. The minimum absolute atomic E-state index is 0.229. The molecule has 2 aromatic carbocycles. The molecule has 0 unspecified atom stereocenters. The van der Waals surface area contributed by atoms with Crippen LogP contribution in [0.25, 0.3) is 0 Å². The molecule has 0 atom stereocenters. The van der Waals surface area contributed by atoms with Crippen molar-refractivity contribution in [2.24, 2.45) is 0 Å². The number of hydrogen-bond donors (Lipinski definition) is 1. The summed E-state index contributed by atoms with van der Waals surface area (Å²) in [5.41, 5.74) is 0.435. The van der Waals surface area contributed by atoms with Crippen molar-refractivity contribution in [2.75, 3.05) is 7.05 Å². The van der Waals surface area contributed by atoms with Crippen LogP contribution in [0.15, 0.2) is 48.5 Å². The second-order valence-corrected chi connectivity index (χ2v) is 3.63. The molecule has 0 aliphatic heterocycles. The number of hydrogen-bond acceptors (Lipinski definition) is 2. The van der Waals surface area contributed by atoms with E-state index in [9.17, 15) is 9.18 Å². The Balaban J connectivity index is 2.28. The summed E-state index contributed by atoms with van der Waals surface area (Å²) >= 11 is 0. The van der Waals surface area contributed by atoms with Crippen LogP contribution in [0.1, 0.15) is 10.4 Å². The van der Waals surface area contributed by atoms with Gasteiger partial charge in [0.1, 0.15) is 17.3 Å². The minimum atomic E-state index is -0.332. The number of nitrogens with one attached hydrogen (secondary N) is 1. The third-order valence-electron chi connectivity index (χ3n) is 2.40. The molecule has 0 aliphatic carbocycles. The van der Waals surface area contributed by atoms with Gasteiger partial charge in [-0.05, 0) is 36.4 Å². The van der Waals surface area contributed by atoms with Gasteiger partial charge in [-0.25, -0.2) is 4.39 Å². The van der Waals surface area contributed by atoms with Gasteiger partial charge in [-0.15, -0.1) is 0 Å². The van der Waals surface area contributed by atoms with Crippen LogP contribution in [0.5, 0.6) is 11.5 Å². The number of carbonyl (C=O) groups excluding carboxylic acids is 1. The lowest BCUT2D eigenvalue weighted by Crippen LogP contribution is -2.18. The maximum absolute atomic E-state index is 12.8. The number of para-hydroxylation sites is 1. The molecule has 0 aliphatic rings. The Bertz CT molecular complexity index is 552. The first kappa shape index (κ1) is 12.1. The van der Waals surface area contributed by atoms with Crippen molar-refractivity contribution in [3.63, 3.8) is 0 Å². The zero-order chi connectivity index (χ0) is 13.0. The molecule has 0 bridgehead atoms. The highest BCUT2D eigenvalue weighted by Gasteiger charge is 2.10. The number of carbonyl (C=O) groups is 1. The Labute approximate surface area is 104 Å². The van der Waals surface area contributed by atoms with E-state index in [0.717, 1.165) is 0 Å². The molecule has 0 heterocycles. The van der Waals surface area contributed by atoms with Crippen LogP contribution in [0.3, 0.4) is 0 Å². The number of ether oxygens (including phenoxy) is 1. The lowest BCUT2D eigenvalue weighted by molar-refractivity contribution is 0.0961. The van der Waals surface area contributed by atoms with Gasteiger partial charge >= 0.3 is 0 Å². The normalized spacial score (nSPS) is 9.89. The molecule has 1 N–H and O–H groups in total. The van der Waals surface area contributed by atoms with Gasteiger partial charge in [0.25, 0.3) is 5.91 Å².